The second-order valence-electron chi connectivity index (χ2n) is 6.48. The Hall–Kier alpha value is -3.82. The first-order valence-electron chi connectivity index (χ1n) is 9.12. The Labute approximate surface area is 179 Å². The van der Waals surface area contributed by atoms with E-state index in [1.807, 2.05) is 0 Å². The molecule has 168 valence electrons. The lowest BCUT2D eigenvalue weighted by atomic mass is 9.97. The van der Waals surface area contributed by atoms with E-state index >= 15 is 0 Å². The first-order valence-corrected chi connectivity index (χ1v) is 9.12. The van der Waals surface area contributed by atoms with Crippen LogP contribution in [0.3, 0.4) is 0 Å². The minimum atomic E-state index is -3.31. The molecule has 2 N–H and O–H groups in total. The number of anilines is 1. The average Bonchev–Trinajstić information content (AvgIpc) is 2.73. The molecule has 0 aromatic heterocycles. The number of carbonyl (C=O) groups is 1. The molecule has 0 saturated carbocycles. The summed E-state index contributed by atoms with van der Waals surface area (Å²) in [5.41, 5.74) is 0.920. The van der Waals surface area contributed by atoms with Gasteiger partial charge in [0.15, 0.2) is 11.5 Å². The monoisotopic (exact) mass is 453 g/mol. The van der Waals surface area contributed by atoms with Crippen molar-refractivity contribution in [1.29, 1.82) is 0 Å². The maximum absolute atomic E-state index is 13.9. The standard InChI is InChI=1S/C22H16F5NO4/c23-15-5-1-3-12(9-15)19(28-16-6-2-4-14(10-16)20(29)30)13-7-8-17(31-21(24)25)18(11-13)32-22(26)27/h1-11,19,21-22,28H,(H,29,30). The Kier molecular flexibility index (Phi) is 7.14. The van der Waals surface area contributed by atoms with Gasteiger partial charge in [0.25, 0.3) is 0 Å². The van der Waals surface area contributed by atoms with Crippen LogP contribution < -0.4 is 14.8 Å². The lowest BCUT2D eigenvalue weighted by molar-refractivity contribution is -0.0692. The molecule has 0 heterocycles. The van der Waals surface area contributed by atoms with E-state index < -0.39 is 42.6 Å². The zero-order chi connectivity index (χ0) is 23.3. The van der Waals surface area contributed by atoms with Gasteiger partial charge in [0.2, 0.25) is 0 Å². The topological polar surface area (TPSA) is 67.8 Å². The van der Waals surface area contributed by atoms with Crippen LogP contribution in [0.15, 0.2) is 66.7 Å². The molecule has 5 nitrogen and oxygen atoms in total. The summed E-state index contributed by atoms with van der Waals surface area (Å²) in [5.74, 6) is -2.98. The fourth-order valence-electron chi connectivity index (χ4n) is 3.04. The predicted molar refractivity (Wildman–Crippen MR) is 105 cm³/mol. The summed E-state index contributed by atoms with van der Waals surface area (Å²) in [6, 6.07) is 13.7. The van der Waals surface area contributed by atoms with E-state index in [2.05, 4.69) is 14.8 Å². The van der Waals surface area contributed by atoms with Crippen LogP contribution in [0.4, 0.5) is 27.6 Å². The van der Waals surface area contributed by atoms with Crippen LogP contribution in [0.5, 0.6) is 11.5 Å². The molecule has 0 radical (unpaired) electrons. The summed E-state index contributed by atoms with van der Waals surface area (Å²) in [7, 11) is 0. The van der Waals surface area contributed by atoms with Gasteiger partial charge in [0.1, 0.15) is 5.82 Å². The molecule has 10 heteroatoms. The minimum absolute atomic E-state index is 0.0182. The highest BCUT2D eigenvalue weighted by atomic mass is 19.3. The molecule has 1 unspecified atom stereocenters. The first kappa shape index (κ1) is 22.9. The molecule has 0 aliphatic rings. The van der Waals surface area contributed by atoms with Crippen molar-refractivity contribution in [3.63, 3.8) is 0 Å². The number of benzene rings is 3. The predicted octanol–water partition coefficient (Wildman–Crippen LogP) is 5.93. The normalized spacial score (nSPS) is 12.0. The van der Waals surface area contributed by atoms with E-state index in [9.17, 15) is 31.9 Å². The van der Waals surface area contributed by atoms with Gasteiger partial charge >= 0.3 is 19.2 Å². The molecule has 0 spiro atoms. The van der Waals surface area contributed by atoms with Crippen molar-refractivity contribution in [3.05, 3.63) is 89.2 Å². The SMILES string of the molecule is O=C(O)c1cccc(NC(c2cccc(F)c2)c2ccc(OC(F)F)c(OC(F)F)c2)c1. The van der Waals surface area contributed by atoms with Gasteiger partial charge in [-0.05, 0) is 53.6 Å². The van der Waals surface area contributed by atoms with Gasteiger partial charge in [-0.15, -0.1) is 0 Å². The highest BCUT2D eigenvalue weighted by Crippen LogP contribution is 2.36. The Morgan fingerprint density at radius 3 is 2.12 bits per heavy atom. The van der Waals surface area contributed by atoms with Crippen molar-refractivity contribution in [2.24, 2.45) is 0 Å². The lowest BCUT2D eigenvalue weighted by Crippen LogP contribution is -2.14. The van der Waals surface area contributed by atoms with Crippen molar-refractivity contribution < 1.29 is 41.3 Å². The summed E-state index contributed by atoms with van der Waals surface area (Å²) in [6.45, 7) is -6.57. The number of carboxylic acids is 1. The van der Waals surface area contributed by atoms with E-state index in [-0.39, 0.29) is 11.1 Å². The van der Waals surface area contributed by atoms with Crippen LogP contribution in [0.25, 0.3) is 0 Å². The summed E-state index contributed by atoms with van der Waals surface area (Å²) < 4.78 is 73.3. The highest BCUT2D eigenvalue weighted by molar-refractivity contribution is 5.88. The third-order valence-electron chi connectivity index (χ3n) is 4.34. The fraction of sp³-hybridized carbons (Fsp3) is 0.136. The number of hydrogen-bond donors (Lipinski definition) is 2. The van der Waals surface area contributed by atoms with Crippen LogP contribution in [0.2, 0.25) is 0 Å². The van der Waals surface area contributed by atoms with Gasteiger partial charge in [0.05, 0.1) is 11.6 Å². The van der Waals surface area contributed by atoms with Crippen LogP contribution in [0, 0.1) is 5.82 Å². The summed E-state index contributed by atoms with van der Waals surface area (Å²) in [4.78, 5) is 11.3. The molecule has 3 aromatic rings. The quantitative estimate of drug-likeness (QED) is 0.393. The average molecular weight is 453 g/mol. The Balaban J connectivity index is 2.07. The zero-order valence-electron chi connectivity index (χ0n) is 16.1. The molecule has 0 aliphatic heterocycles. The second-order valence-corrected chi connectivity index (χ2v) is 6.48. The van der Waals surface area contributed by atoms with Crippen molar-refractivity contribution in [1.82, 2.24) is 0 Å². The van der Waals surface area contributed by atoms with Gasteiger partial charge in [-0.1, -0.05) is 24.3 Å². The number of carboxylic acid groups (broad SMARTS) is 1. The number of hydrogen-bond acceptors (Lipinski definition) is 4. The molecule has 32 heavy (non-hydrogen) atoms. The fourth-order valence-corrected chi connectivity index (χ4v) is 3.04. The van der Waals surface area contributed by atoms with Crippen LogP contribution in [-0.2, 0) is 0 Å². The third kappa shape index (κ3) is 5.87. The minimum Gasteiger partial charge on any atom is -0.478 e. The number of halogens is 5. The summed E-state index contributed by atoms with van der Waals surface area (Å²) >= 11 is 0. The molecular weight excluding hydrogens is 437 g/mol. The maximum Gasteiger partial charge on any atom is 0.387 e. The van der Waals surface area contributed by atoms with Crippen molar-refractivity contribution in [3.8, 4) is 11.5 Å². The molecule has 0 fully saturated rings. The number of alkyl halides is 4. The van der Waals surface area contributed by atoms with Gasteiger partial charge in [-0.2, -0.15) is 17.6 Å². The Morgan fingerprint density at radius 2 is 1.47 bits per heavy atom. The van der Waals surface area contributed by atoms with E-state index in [0.29, 0.717) is 11.3 Å². The molecule has 3 rings (SSSR count). The number of aromatic carboxylic acids is 1. The first-order chi connectivity index (χ1) is 15.2. The molecule has 1 atom stereocenters. The van der Waals surface area contributed by atoms with Crippen LogP contribution >= 0.6 is 0 Å². The van der Waals surface area contributed by atoms with E-state index in [0.717, 1.165) is 12.1 Å². The van der Waals surface area contributed by atoms with E-state index in [4.69, 9.17) is 0 Å². The molecule has 0 amide bonds. The Morgan fingerprint density at radius 1 is 0.812 bits per heavy atom. The van der Waals surface area contributed by atoms with Crippen molar-refractivity contribution in [2.75, 3.05) is 5.32 Å². The molecule has 3 aromatic carbocycles. The van der Waals surface area contributed by atoms with Gasteiger partial charge in [-0.25, -0.2) is 9.18 Å². The molecule has 0 bridgehead atoms. The maximum atomic E-state index is 13.9. The Bertz CT molecular complexity index is 1090. The number of rotatable bonds is 9. The van der Waals surface area contributed by atoms with Gasteiger partial charge in [0, 0.05) is 5.69 Å². The molecule has 0 aliphatic carbocycles. The number of nitrogens with one attached hydrogen (secondary N) is 1. The van der Waals surface area contributed by atoms with Crippen molar-refractivity contribution >= 4 is 11.7 Å². The molecule has 0 saturated heterocycles. The third-order valence-corrected chi connectivity index (χ3v) is 4.34. The lowest BCUT2D eigenvalue weighted by Gasteiger charge is -2.23. The zero-order valence-corrected chi connectivity index (χ0v) is 16.1. The summed E-state index contributed by atoms with van der Waals surface area (Å²) in [5, 5.41) is 12.2. The highest BCUT2D eigenvalue weighted by Gasteiger charge is 2.21. The van der Waals surface area contributed by atoms with Crippen LogP contribution in [0.1, 0.15) is 27.5 Å². The largest absolute Gasteiger partial charge is 0.478 e. The van der Waals surface area contributed by atoms with Gasteiger partial charge in [-0.3, -0.25) is 0 Å². The van der Waals surface area contributed by atoms with E-state index in [1.165, 1.54) is 42.5 Å². The summed E-state index contributed by atoms with van der Waals surface area (Å²) in [6.07, 6.45) is 0. The number of ether oxygens (including phenoxy) is 2. The van der Waals surface area contributed by atoms with Gasteiger partial charge < -0.3 is 19.9 Å². The van der Waals surface area contributed by atoms with Crippen molar-refractivity contribution in [2.45, 2.75) is 19.3 Å². The smallest absolute Gasteiger partial charge is 0.387 e. The second kappa shape index (κ2) is 9.99. The van der Waals surface area contributed by atoms with Crippen LogP contribution in [-0.4, -0.2) is 24.3 Å². The van der Waals surface area contributed by atoms with E-state index in [1.54, 1.807) is 12.1 Å². The molecular formula is C22H16F5NO4.